The van der Waals surface area contributed by atoms with Gasteiger partial charge in [-0.25, -0.2) is 4.98 Å². The number of nitrogens with one attached hydrogen (secondary N) is 1. The Hall–Kier alpha value is -1.65. The molecule has 0 saturated heterocycles. The first-order chi connectivity index (χ1) is 10.3. The summed E-state index contributed by atoms with van der Waals surface area (Å²) in [7, 11) is 0. The molecule has 2 aromatic heterocycles. The highest BCUT2D eigenvalue weighted by atomic mass is 32.1. The summed E-state index contributed by atoms with van der Waals surface area (Å²) in [5.41, 5.74) is 1.03. The van der Waals surface area contributed by atoms with Gasteiger partial charge in [0.2, 0.25) is 0 Å². The Morgan fingerprint density at radius 2 is 1.95 bits per heavy atom. The van der Waals surface area contributed by atoms with E-state index in [-0.39, 0.29) is 0 Å². The standard InChI is InChI=1S/C17H20N2OS/c1-3-12(4-2)18-11-13-9-10-15(20-13)17-19-14-7-5-6-8-16(14)21-17/h5-10,12,18H,3-4,11H2,1-2H3. The summed E-state index contributed by atoms with van der Waals surface area (Å²) >= 11 is 1.67. The fourth-order valence-corrected chi connectivity index (χ4v) is 3.32. The van der Waals surface area contributed by atoms with E-state index >= 15 is 0 Å². The van der Waals surface area contributed by atoms with E-state index in [4.69, 9.17) is 4.42 Å². The Morgan fingerprint density at radius 3 is 2.71 bits per heavy atom. The van der Waals surface area contributed by atoms with Crippen molar-refractivity contribution in [1.82, 2.24) is 10.3 Å². The highest BCUT2D eigenvalue weighted by Crippen LogP contribution is 2.31. The average Bonchev–Trinajstić information content (AvgIpc) is 3.14. The summed E-state index contributed by atoms with van der Waals surface area (Å²) in [6.45, 7) is 5.18. The first-order valence-electron chi connectivity index (χ1n) is 7.48. The molecule has 0 bridgehead atoms. The fraction of sp³-hybridized carbons (Fsp3) is 0.353. The van der Waals surface area contributed by atoms with E-state index in [0.29, 0.717) is 6.04 Å². The van der Waals surface area contributed by atoms with E-state index in [0.717, 1.165) is 41.4 Å². The molecule has 0 saturated carbocycles. The van der Waals surface area contributed by atoms with Crippen LogP contribution in [0.25, 0.3) is 21.0 Å². The van der Waals surface area contributed by atoms with Gasteiger partial charge in [-0.1, -0.05) is 26.0 Å². The number of fused-ring (bicyclic) bond motifs is 1. The number of hydrogen-bond donors (Lipinski definition) is 1. The number of nitrogens with zero attached hydrogens (tertiary/aromatic N) is 1. The molecule has 0 atom stereocenters. The third kappa shape index (κ3) is 3.17. The molecule has 0 fully saturated rings. The van der Waals surface area contributed by atoms with E-state index in [1.165, 1.54) is 4.70 Å². The molecule has 1 N–H and O–H groups in total. The minimum atomic E-state index is 0.556. The number of furan rings is 1. The van der Waals surface area contributed by atoms with Crippen LogP contribution in [0.5, 0.6) is 0 Å². The summed E-state index contributed by atoms with van der Waals surface area (Å²) in [5.74, 6) is 1.83. The monoisotopic (exact) mass is 300 g/mol. The summed E-state index contributed by atoms with van der Waals surface area (Å²) in [4.78, 5) is 4.63. The van der Waals surface area contributed by atoms with Crippen molar-refractivity contribution in [3.63, 3.8) is 0 Å². The van der Waals surface area contributed by atoms with Gasteiger partial charge in [0.05, 0.1) is 16.8 Å². The summed E-state index contributed by atoms with van der Waals surface area (Å²) < 4.78 is 7.12. The van der Waals surface area contributed by atoms with Crippen molar-refractivity contribution in [3.05, 3.63) is 42.2 Å². The molecular formula is C17H20N2OS. The number of para-hydroxylation sites is 1. The molecule has 0 aliphatic heterocycles. The molecule has 0 aliphatic carbocycles. The molecule has 0 amide bonds. The Bertz CT molecular complexity index is 679. The first-order valence-corrected chi connectivity index (χ1v) is 8.29. The molecule has 21 heavy (non-hydrogen) atoms. The number of thiazole rings is 1. The molecule has 1 aromatic carbocycles. The lowest BCUT2D eigenvalue weighted by Crippen LogP contribution is -2.26. The Balaban J connectivity index is 1.75. The molecule has 3 nitrogen and oxygen atoms in total. The normalized spacial score (nSPS) is 11.6. The minimum Gasteiger partial charge on any atom is -0.457 e. The van der Waals surface area contributed by atoms with Gasteiger partial charge in [0.1, 0.15) is 5.76 Å². The number of hydrogen-bond acceptors (Lipinski definition) is 4. The highest BCUT2D eigenvalue weighted by Gasteiger charge is 2.11. The lowest BCUT2D eigenvalue weighted by atomic mass is 10.2. The third-order valence-electron chi connectivity index (χ3n) is 3.72. The topological polar surface area (TPSA) is 38.1 Å². The fourth-order valence-electron chi connectivity index (χ4n) is 2.39. The predicted octanol–water partition coefficient (Wildman–Crippen LogP) is 4.83. The predicted molar refractivity (Wildman–Crippen MR) is 88.5 cm³/mol. The van der Waals surface area contributed by atoms with E-state index < -0.39 is 0 Å². The lowest BCUT2D eigenvalue weighted by Gasteiger charge is -2.12. The number of rotatable bonds is 6. The Morgan fingerprint density at radius 1 is 1.14 bits per heavy atom. The lowest BCUT2D eigenvalue weighted by molar-refractivity contribution is 0.434. The van der Waals surface area contributed by atoms with E-state index in [2.05, 4.69) is 30.2 Å². The molecule has 0 aliphatic rings. The van der Waals surface area contributed by atoms with Crippen LogP contribution in [0.2, 0.25) is 0 Å². The zero-order chi connectivity index (χ0) is 14.7. The van der Waals surface area contributed by atoms with E-state index in [1.54, 1.807) is 11.3 Å². The van der Waals surface area contributed by atoms with Gasteiger partial charge in [-0.05, 0) is 37.1 Å². The highest BCUT2D eigenvalue weighted by molar-refractivity contribution is 7.21. The van der Waals surface area contributed by atoms with Gasteiger partial charge in [-0.2, -0.15) is 0 Å². The zero-order valence-corrected chi connectivity index (χ0v) is 13.2. The van der Waals surface area contributed by atoms with Gasteiger partial charge in [0.25, 0.3) is 0 Å². The van der Waals surface area contributed by atoms with Crippen molar-refractivity contribution < 1.29 is 4.42 Å². The number of aromatic nitrogens is 1. The van der Waals surface area contributed by atoms with Crippen LogP contribution in [0.3, 0.4) is 0 Å². The van der Waals surface area contributed by atoms with Crippen molar-refractivity contribution >= 4 is 21.6 Å². The van der Waals surface area contributed by atoms with Crippen LogP contribution in [0.4, 0.5) is 0 Å². The maximum Gasteiger partial charge on any atom is 0.163 e. The van der Waals surface area contributed by atoms with Gasteiger partial charge in [0.15, 0.2) is 10.8 Å². The first kappa shape index (κ1) is 14.3. The second-order valence-corrected chi connectivity index (χ2v) is 6.18. The van der Waals surface area contributed by atoms with Gasteiger partial charge >= 0.3 is 0 Å². The third-order valence-corrected chi connectivity index (χ3v) is 4.77. The van der Waals surface area contributed by atoms with Crippen LogP contribution < -0.4 is 5.32 Å². The van der Waals surface area contributed by atoms with Crippen molar-refractivity contribution in [2.75, 3.05) is 0 Å². The van der Waals surface area contributed by atoms with Crippen LogP contribution in [0, 0.1) is 0 Å². The SMILES string of the molecule is CCC(CC)NCc1ccc(-c2nc3ccccc3s2)o1. The molecule has 4 heteroatoms. The zero-order valence-electron chi connectivity index (χ0n) is 12.4. The van der Waals surface area contributed by atoms with Gasteiger partial charge in [-0.15, -0.1) is 11.3 Å². The molecular weight excluding hydrogens is 280 g/mol. The minimum absolute atomic E-state index is 0.556. The van der Waals surface area contributed by atoms with Crippen molar-refractivity contribution in [3.8, 4) is 10.8 Å². The maximum atomic E-state index is 5.92. The van der Waals surface area contributed by atoms with Crippen molar-refractivity contribution in [2.24, 2.45) is 0 Å². The molecule has 0 spiro atoms. The van der Waals surface area contributed by atoms with Crippen LogP contribution >= 0.6 is 11.3 Å². The molecule has 3 aromatic rings. The van der Waals surface area contributed by atoms with Gasteiger partial charge in [-0.3, -0.25) is 0 Å². The summed E-state index contributed by atoms with van der Waals surface area (Å²) in [6.07, 6.45) is 2.28. The second kappa shape index (κ2) is 6.41. The number of benzene rings is 1. The van der Waals surface area contributed by atoms with Crippen LogP contribution in [-0.4, -0.2) is 11.0 Å². The van der Waals surface area contributed by atoms with Crippen molar-refractivity contribution in [1.29, 1.82) is 0 Å². The largest absolute Gasteiger partial charge is 0.457 e. The van der Waals surface area contributed by atoms with Crippen molar-refractivity contribution in [2.45, 2.75) is 39.3 Å². The summed E-state index contributed by atoms with van der Waals surface area (Å²) in [5, 5.41) is 4.47. The molecule has 0 radical (unpaired) electrons. The Labute approximate surface area is 129 Å². The van der Waals surface area contributed by atoms with Crippen LogP contribution in [0.1, 0.15) is 32.4 Å². The quantitative estimate of drug-likeness (QED) is 0.708. The molecule has 2 heterocycles. The molecule has 110 valence electrons. The Kier molecular flexibility index (Phi) is 4.36. The molecule has 3 rings (SSSR count). The smallest absolute Gasteiger partial charge is 0.163 e. The van der Waals surface area contributed by atoms with E-state index in [9.17, 15) is 0 Å². The average molecular weight is 300 g/mol. The van der Waals surface area contributed by atoms with Crippen LogP contribution in [-0.2, 0) is 6.54 Å². The van der Waals surface area contributed by atoms with E-state index in [1.807, 2.05) is 30.3 Å². The van der Waals surface area contributed by atoms with Gasteiger partial charge < -0.3 is 9.73 Å². The molecule has 0 unspecified atom stereocenters. The van der Waals surface area contributed by atoms with Crippen LogP contribution in [0.15, 0.2) is 40.8 Å². The second-order valence-electron chi connectivity index (χ2n) is 5.15. The van der Waals surface area contributed by atoms with Gasteiger partial charge in [0, 0.05) is 6.04 Å². The summed E-state index contributed by atoms with van der Waals surface area (Å²) in [6, 6.07) is 12.8. The maximum absolute atomic E-state index is 5.92.